The first kappa shape index (κ1) is 15.7. The lowest BCUT2D eigenvalue weighted by molar-refractivity contribution is -0.134. The third-order valence-corrected chi connectivity index (χ3v) is 3.88. The molecule has 7 heteroatoms. The maximum Gasteiger partial charge on any atom is 0.237 e. The normalized spacial score (nSPS) is 19.2. The highest BCUT2D eigenvalue weighted by molar-refractivity contribution is 6.31. The number of piperazine rings is 1. The van der Waals surface area contributed by atoms with Crippen LogP contribution < -0.4 is 10.6 Å². The SMILES string of the molecule is CNC(=O)C[C@H]1C(=O)NCCN1Cc1c(F)cccc1Cl. The van der Waals surface area contributed by atoms with Gasteiger partial charge in [0.1, 0.15) is 5.82 Å². The topological polar surface area (TPSA) is 61.4 Å². The first-order chi connectivity index (χ1) is 10.0. The van der Waals surface area contributed by atoms with Crippen molar-refractivity contribution in [2.24, 2.45) is 0 Å². The minimum atomic E-state index is -0.616. The number of nitrogens with one attached hydrogen (secondary N) is 2. The summed E-state index contributed by atoms with van der Waals surface area (Å²) in [6, 6.07) is 3.86. The number of benzene rings is 1. The highest BCUT2D eigenvalue weighted by Crippen LogP contribution is 2.23. The molecule has 1 aromatic rings. The van der Waals surface area contributed by atoms with Gasteiger partial charge in [0, 0.05) is 37.3 Å². The van der Waals surface area contributed by atoms with Crippen LogP contribution in [-0.4, -0.2) is 42.9 Å². The van der Waals surface area contributed by atoms with E-state index in [-0.39, 0.29) is 24.8 Å². The number of halogens is 2. The van der Waals surface area contributed by atoms with Crippen molar-refractivity contribution in [1.29, 1.82) is 0 Å². The lowest BCUT2D eigenvalue weighted by Gasteiger charge is -2.34. The predicted octanol–water partition coefficient (Wildman–Crippen LogP) is 0.916. The van der Waals surface area contributed by atoms with Gasteiger partial charge in [-0.25, -0.2) is 4.39 Å². The third-order valence-electron chi connectivity index (χ3n) is 3.52. The summed E-state index contributed by atoms with van der Waals surface area (Å²) in [6.45, 7) is 1.20. The minimum absolute atomic E-state index is 0.0361. The van der Waals surface area contributed by atoms with Crippen LogP contribution in [0.2, 0.25) is 5.02 Å². The Kier molecular flexibility index (Phi) is 5.14. The molecule has 2 amide bonds. The van der Waals surface area contributed by atoms with E-state index in [0.29, 0.717) is 23.7 Å². The summed E-state index contributed by atoms with van der Waals surface area (Å²) < 4.78 is 13.9. The molecule has 1 atom stereocenters. The average Bonchev–Trinajstić information content (AvgIpc) is 2.46. The molecule has 1 aromatic carbocycles. The monoisotopic (exact) mass is 313 g/mol. The molecule has 1 heterocycles. The molecule has 5 nitrogen and oxygen atoms in total. The van der Waals surface area contributed by atoms with Gasteiger partial charge in [-0.2, -0.15) is 0 Å². The van der Waals surface area contributed by atoms with E-state index in [4.69, 9.17) is 11.6 Å². The maximum absolute atomic E-state index is 13.9. The zero-order valence-corrected chi connectivity index (χ0v) is 12.4. The van der Waals surface area contributed by atoms with E-state index in [0.717, 1.165) is 0 Å². The fourth-order valence-electron chi connectivity index (χ4n) is 2.34. The summed E-state index contributed by atoms with van der Waals surface area (Å²) in [5.41, 5.74) is 0.343. The largest absolute Gasteiger partial charge is 0.359 e. The van der Waals surface area contributed by atoms with Crippen LogP contribution in [0.3, 0.4) is 0 Å². The third kappa shape index (κ3) is 3.71. The van der Waals surface area contributed by atoms with E-state index in [9.17, 15) is 14.0 Å². The zero-order valence-electron chi connectivity index (χ0n) is 11.7. The number of hydrogen-bond acceptors (Lipinski definition) is 3. The van der Waals surface area contributed by atoms with E-state index < -0.39 is 11.9 Å². The van der Waals surface area contributed by atoms with Crippen molar-refractivity contribution in [3.8, 4) is 0 Å². The maximum atomic E-state index is 13.9. The van der Waals surface area contributed by atoms with Crippen molar-refractivity contribution in [2.75, 3.05) is 20.1 Å². The Bertz CT molecular complexity index is 533. The van der Waals surface area contributed by atoms with Crippen LogP contribution in [0.1, 0.15) is 12.0 Å². The van der Waals surface area contributed by atoms with E-state index in [1.165, 1.54) is 19.2 Å². The summed E-state index contributed by atoms with van der Waals surface area (Å²) in [6.07, 6.45) is 0.0361. The van der Waals surface area contributed by atoms with Gasteiger partial charge in [-0.15, -0.1) is 0 Å². The lowest BCUT2D eigenvalue weighted by Crippen LogP contribution is -2.56. The van der Waals surface area contributed by atoms with Gasteiger partial charge in [-0.1, -0.05) is 17.7 Å². The summed E-state index contributed by atoms with van der Waals surface area (Å²) in [7, 11) is 1.52. The average molecular weight is 314 g/mol. The van der Waals surface area contributed by atoms with Crippen LogP contribution in [0.5, 0.6) is 0 Å². The molecule has 0 aliphatic carbocycles. The summed E-state index contributed by atoms with van der Waals surface area (Å²) in [5, 5.41) is 5.53. The number of rotatable bonds is 4. The van der Waals surface area contributed by atoms with Gasteiger partial charge in [-0.05, 0) is 12.1 Å². The van der Waals surface area contributed by atoms with Crippen molar-refractivity contribution in [2.45, 2.75) is 19.0 Å². The Morgan fingerprint density at radius 1 is 1.57 bits per heavy atom. The van der Waals surface area contributed by atoms with E-state index in [2.05, 4.69) is 10.6 Å². The van der Waals surface area contributed by atoms with Gasteiger partial charge in [0.2, 0.25) is 11.8 Å². The summed E-state index contributed by atoms with van der Waals surface area (Å²) >= 11 is 6.02. The van der Waals surface area contributed by atoms with Crippen molar-refractivity contribution in [3.63, 3.8) is 0 Å². The van der Waals surface area contributed by atoms with Gasteiger partial charge < -0.3 is 10.6 Å². The van der Waals surface area contributed by atoms with Gasteiger partial charge in [0.15, 0.2) is 0 Å². The molecule has 0 radical (unpaired) electrons. The van der Waals surface area contributed by atoms with Crippen molar-refractivity contribution in [3.05, 3.63) is 34.6 Å². The molecule has 2 rings (SSSR count). The molecule has 2 N–H and O–H groups in total. The van der Waals surface area contributed by atoms with Crippen LogP contribution in [0, 0.1) is 5.82 Å². The molecule has 1 aliphatic heterocycles. The Morgan fingerprint density at radius 2 is 2.33 bits per heavy atom. The van der Waals surface area contributed by atoms with Crippen LogP contribution in [0.15, 0.2) is 18.2 Å². The zero-order chi connectivity index (χ0) is 15.4. The molecule has 1 saturated heterocycles. The first-order valence-electron chi connectivity index (χ1n) is 6.68. The van der Waals surface area contributed by atoms with Crippen molar-refractivity contribution < 1.29 is 14.0 Å². The number of nitrogens with zero attached hydrogens (tertiary/aromatic N) is 1. The number of carbonyl (C=O) groups is 2. The van der Waals surface area contributed by atoms with E-state index in [1.807, 2.05) is 0 Å². The fourth-order valence-corrected chi connectivity index (χ4v) is 2.56. The van der Waals surface area contributed by atoms with Gasteiger partial charge in [-0.3, -0.25) is 14.5 Å². The van der Waals surface area contributed by atoms with Gasteiger partial charge in [0.05, 0.1) is 12.5 Å². The van der Waals surface area contributed by atoms with Crippen LogP contribution in [-0.2, 0) is 16.1 Å². The van der Waals surface area contributed by atoms with Gasteiger partial charge >= 0.3 is 0 Å². The van der Waals surface area contributed by atoms with Crippen molar-refractivity contribution >= 4 is 23.4 Å². The summed E-state index contributed by atoms with van der Waals surface area (Å²) in [5.74, 6) is -0.869. The van der Waals surface area contributed by atoms with Crippen LogP contribution >= 0.6 is 11.6 Å². The fraction of sp³-hybridized carbons (Fsp3) is 0.429. The molecule has 1 fully saturated rings. The Labute approximate surface area is 127 Å². The van der Waals surface area contributed by atoms with E-state index in [1.54, 1.807) is 11.0 Å². The smallest absolute Gasteiger partial charge is 0.237 e. The quantitative estimate of drug-likeness (QED) is 0.869. The highest BCUT2D eigenvalue weighted by atomic mass is 35.5. The molecular formula is C14H17ClFN3O2. The standard InChI is InChI=1S/C14H17ClFN3O2/c1-17-13(20)7-12-14(21)18-5-6-19(12)8-9-10(15)3-2-4-11(9)16/h2-4,12H,5-8H2,1H3,(H,17,20)(H,18,21)/t12-/m0/s1. The first-order valence-corrected chi connectivity index (χ1v) is 7.06. The van der Waals surface area contributed by atoms with E-state index >= 15 is 0 Å². The molecule has 1 aliphatic rings. The molecule has 0 aromatic heterocycles. The number of hydrogen-bond donors (Lipinski definition) is 2. The molecular weight excluding hydrogens is 297 g/mol. The molecule has 0 unspecified atom stereocenters. The Hall–Kier alpha value is -1.66. The summed E-state index contributed by atoms with van der Waals surface area (Å²) in [4.78, 5) is 25.3. The Morgan fingerprint density at radius 3 is 3.00 bits per heavy atom. The van der Waals surface area contributed by atoms with Crippen LogP contribution in [0.4, 0.5) is 4.39 Å². The second-order valence-electron chi connectivity index (χ2n) is 4.85. The molecule has 0 saturated carbocycles. The number of amides is 2. The molecule has 21 heavy (non-hydrogen) atoms. The lowest BCUT2D eigenvalue weighted by atomic mass is 10.1. The molecule has 0 bridgehead atoms. The number of carbonyl (C=O) groups excluding carboxylic acids is 2. The second kappa shape index (κ2) is 6.87. The van der Waals surface area contributed by atoms with Gasteiger partial charge in [0.25, 0.3) is 0 Å². The molecule has 114 valence electrons. The minimum Gasteiger partial charge on any atom is -0.359 e. The predicted molar refractivity (Wildman–Crippen MR) is 77.3 cm³/mol. The Balaban J connectivity index is 2.19. The molecule has 0 spiro atoms. The second-order valence-corrected chi connectivity index (χ2v) is 5.26. The van der Waals surface area contributed by atoms with Crippen LogP contribution in [0.25, 0.3) is 0 Å². The highest BCUT2D eigenvalue weighted by Gasteiger charge is 2.32. The van der Waals surface area contributed by atoms with Crippen molar-refractivity contribution in [1.82, 2.24) is 15.5 Å².